The van der Waals surface area contributed by atoms with Gasteiger partial charge in [0.05, 0.1) is 15.1 Å². The van der Waals surface area contributed by atoms with Crippen LogP contribution in [0.25, 0.3) is 0 Å². The summed E-state index contributed by atoms with van der Waals surface area (Å²) in [5.41, 5.74) is 2.96. The van der Waals surface area contributed by atoms with Crippen molar-refractivity contribution < 1.29 is 0 Å². The van der Waals surface area contributed by atoms with Crippen LogP contribution in [0.4, 0.5) is 0 Å². The fourth-order valence-corrected chi connectivity index (χ4v) is 7.95. The minimum absolute atomic E-state index is 0.371. The fourth-order valence-electron chi connectivity index (χ4n) is 2.67. The molecule has 0 aromatic heterocycles. The molecular formula is C15H20S3. The van der Waals surface area contributed by atoms with Crippen LogP contribution in [0.5, 0.6) is 0 Å². The highest BCUT2D eigenvalue weighted by Gasteiger charge is 2.45. The Morgan fingerprint density at radius 3 is 2.89 bits per heavy atom. The molecule has 1 aliphatic carbocycles. The molecule has 0 N–H and O–H groups in total. The van der Waals surface area contributed by atoms with Crippen molar-refractivity contribution in [3.05, 3.63) is 23.8 Å². The summed E-state index contributed by atoms with van der Waals surface area (Å²) < 4.78 is 0.371. The molecule has 2 aliphatic rings. The summed E-state index contributed by atoms with van der Waals surface area (Å²) in [5.74, 6) is 6.21. The molecule has 0 radical (unpaired) electrons. The number of terminal acetylenes is 1. The van der Waals surface area contributed by atoms with Crippen molar-refractivity contribution in [1.29, 1.82) is 0 Å². The van der Waals surface area contributed by atoms with Crippen molar-refractivity contribution in [2.75, 3.05) is 17.3 Å². The van der Waals surface area contributed by atoms with Gasteiger partial charge in [0.2, 0.25) is 0 Å². The second-order valence-corrected chi connectivity index (χ2v) is 8.87. The van der Waals surface area contributed by atoms with Crippen molar-refractivity contribution in [2.24, 2.45) is 0 Å². The van der Waals surface area contributed by atoms with E-state index in [-0.39, 0.29) is 0 Å². The highest BCUT2D eigenvalue weighted by atomic mass is 32.2. The van der Waals surface area contributed by atoms with Gasteiger partial charge in [-0.05, 0) is 43.3 Å². The van der Waals surface area contributed by atoms with Gasteiger partial charge in [-0.1, -0.05) is 24.1 Å². The van der Waals surface area contributed by atoms with Crippen LogP contribution in [0.2, 0.25) is 0 Å². The second-order valence-electron chi connectivity index (χ2n) is 4.67. The highest BCUT2D eigenvalue weighted by Crippen LogP contribution is 2.56. The van der Waals surface area contributed by atoms with Crippen molar-refractivity contribution in [3.8, 4) is 12.3 Å². The molecule has 0 saturated carbocycles. The Balaban J connectivity index is 2.27. The van der Waals surface area contributed by atoms with Crippen molar-refractivity contribution in [1.82, 2.24) is 0 Å². The van der Waals surface area contributed by atoms with Crippen LogP contribution in [-0.4, -0.2) is 26.6 Å². The molecule has 0 aromatic rings. The zero-order valence-corrected chi connectivity index (χ0v) is 13.4. The standard InChI is InChI=1S/C15H20S3/c1-4-9-16-14-12(3)13(5-2)7-8-15(14)17-10-6-11-18-15/h1,5,14H,2,6-11H2,3H3. The number of rotatable bonds is 3. The number of hydrogen-bond acceptors (Lipinski definition) is 3. The predicted molar refractivity (Wildman–Crippen MR) is 89.5 cm³/mol. The first-order chi connectivity index (χ1) is 8.73. The predicted octanol–water partition coefficient (Wildman–Crippen LogP) is 4.58. The first kappa shape index (κ1) is 14.5. The fraction of sp³-hybridized carbons (Fsp3) is 0.600. The van der Waals surface area contributed by atoms with Crippen LogP contribution < -0.4 is 0 Å². The molecule has 0 bridgehead atoms. The first-order valence-corrected chi connectivity index (χ1v) is 9.40. The van der Waals surface area contributed by atoms with Crippen LogP contribution >= 0.6 is 35.3 Å². The van der Waals surface area contributed by atoms with E-state index in [1.165, 1.54) is 41.9 Å². The van der Waals surface area contributed by atoms with Gasteiger partial charge in [0.25, 0.3) is 0 Å². The summed E-state index contributed by atoms with van der Waals surface area (Å²) in [7, 11) is 0. The summed E-state index contributed by atoms with van der Waals surface area (Å²) >= 11 is 6.28. The lowest BCUT2D eigenvalue weighted by molar-refractivity contribution is 0.666. The summed E-state index contributed by atoms with van der Waals surface area (Å²) in [6.07, 6.45) is 11.3. The minimum atomic E-state index is 0.371. The van der Waals surface area contributed by atoms with E-state index < -0.39 is 0 Å². The van der Waals surface area contributed by atoms with Gasteiger partial charge in [-0.15, -0.1) is 41.7 Å². The maximum Gasteiger partial charge on any atom is 0.0770 e. The quantitative estimate of drug-likeness (QED) is 0.699. The molecular weight excluding hydrogens is 276 g/mol. The number of allylic oxidation sites excluding steroid dienone is 2. The lowest BCUT2D eigenvalue weighted by Crippen LogP contribution is -2.40. The molecule has 1 atom stereocenters. The Bertz CT molecular complexity index is 383. The lowest BCUT2D eigenvalue weighted by atomic mass is 9.91. The van der Waals surface area contributed by atoms with E-state index in [2.05, 4.69) is 42.9 Å². The normalized spacial score (nSPS) is 27.0. The van der Waals surface area contributed by atoms with Crippen LogP contribution in [0, 0.1) is 12.3 Å². The van der Waals surface area contributed by atoms with Gasteiger partial charge in [0.15, 0.2) is 0 Å². The molecule has 3 heteroatoms. The van der Waals surface area contributed by atoms with E-state index in [1.54, 1.807) is 0 Å². The van der Waals surface area contributed by atoms with E-state index in [1.807, 2.05) is 17.8 Å². The smallest absolute Gasteiger partial charge is 0.0770 e. The maximum absolute atomic E-state index is 5.46. The molecule has 0 aromatic carbocycles. The molecule has 1 unspecified atom stereocenters. The van der Waals surface area contributed by atoms with E-state index in [0.717, 1.165) is 5.75 Å². The zero-order chi connectivity index (χ0) is 13.0. The third kappa shape index (κ3) is 2.81. The molecule has 0 nitrogen and oxygen atoms in total. The van der Waals surface area contributed by atoms with Gasteiger partial charge in [-0.2, -0.15) is 0 Å². The molecule has 98 valence electrons. The van der Waals surface area contributed by atoms with Gasteiger partial charge < -0.3 is 0 Å². The molecule has 1 heterocycles. The Kier molecular flexibility index (Phi) is 5.24. The van der Waals surface area contributed by atoms with Crippen LogP contribution in [0.1, 0.15) is 26.2 Å². The Labute approximate surface area is 124 Å². The summed E-state index contributed by atoms with van der Waals surface area (Å²) in [6, 6.07) is 0. The SMILES string of the molecule is C#CCSC1C(C)=C(C=C)CCC12SCCCS2. The molecule has 18 heavy (non-hydrogen) atoms. The first-order valence-electron chi connectivity index (χ1n) is 6.38. The summed E-state index contributed by atoms with van der Waals surface area (Å²) in [5, 5.41) is 0.561. The molecule has 0 amide bonds. The highest BCUT2D eigenvalue weighted by molar-refractivity contribution is 8.20. The van der Waals surface area contributed by atoms with Crippen molar-refractivity contribution >= 4 is 35.3 Å². The molecule has 1 saturated heterocycles. The number of thioether (sulfide) groups is 3. The van der Waals surface area contributed by atoms with E-state index in [0.29, 0.717) is 9.33 Å². The monoisotopic (exact) mass is 296 g/mol. The zero-order valence-electron chi connectivity index (χ0n) is 10.9. The third-order valence-electron chi connectivity index (χ3n) is 3.60. The van der Waals surface area contributed by atoms with Gasteiger partial charge in [0, 0.05) is 0 Å². The minimum Gasteiger partial charge on any atom is -0.143 e. The summed E-state index contributed by atoms with van der Waals surface area (Å²) in [4.78, 5) is 0. The molecule has 1 spiro atoms. The second kappa shape index (κ2) is 6.50. The van der Waals surface area contributed by atoms with Gasteiger partial charge >= 0.3 is 0 Å². The van der Waals surface area contributed by atoms with Crippen molar-refractivity contribution in [3.63, 3.8) is 0 Å². The molecule has 1 fully saturated rings. The third-order valence-corrected chi connectivity index (χ3v) is 8.87. The average molecular weight is 297 g/mol. The molecule has 2 rings (SSSR count). The van der Waals surface area contributed by atoms with Crippen LogP contribution in [0.15, 0.2) is 23.8 Å². The molecule has 1 aliphatic heterocycles. The Hall–Kier alpha value is 0.0900. The Morgan fingerprint density at radius 1 is 1.56 bits per heavy atom. The Morgan fingerprint density at radius 2 is 2.28 bits per heavy atom. The van der Waals surface area contributed by atoms with Crippen LogP contribution in [0.3, 0.4) is 0 Å². The summed E-state index contributed by atoms with van der Waals surface area (Å²) in [6.45, 7) is 6.24. The van der Waals surface area contributed by atoms with Gasteiger partial charge in [-0.25, -0.2) is 0 Å². The topological polar surface area (TPSA) is 0 Å². The number of hydrogen-bond donors (Lipinski definition) is 0. The lowest BCUT2D eigenvalue weighted by Gasteiger charge is -2.46. The average Bonchev–Trinajstić information content (AvgIpc) is 2.40. The van der Waals surface area contributed by atoms with E-state index >= 15 is 0 Å². The van der Waals surface area contributed by atoms with Crippen molar-refractivity contribution in [2.45, 2.75) is 35.5 Å². The van der Waals surface area contributed by atoms with Crippen LogP contribution in [-0.2, 0) is 0 Å². The largest absolute Gasteiger partial charge is 0.143 e. The van der Waals surface area contributed by atoms with Gasteiger partial charge in [-0.3, -0.25) is 0 Å². The van der Waals surface area contributed by atoms with Gasteiger partial charge in [0.1, 0.15) is 0 Å². The van der Waals surface area contributed by atoms with E-state index in [9.17, 15) is 0 Å². The van der Waals surface area contributed by atoms with E-state index in [4.69, 9.17) is 6.42 Å². The maximum atomic E-state index is 5.46.